The molecular weight excluding hydrogens is 314 g/mol. The van der Waals surface area contributed by atoms with Gasteiger partial charge in [0.1, 0.15) is 11.7 Å². The molecule has 0 bridgehead atoms. The fourth-order valence-corrected chi connectivity index (χ4v) is 3.14. The molecule has 122 valence electrons. The van der Waals surface area contributed by atoms with Crippen molar-refractivity contribution in [2.75, 3.05) is 19.7 Å². The van der Waals surface area contributed by atoms with E-state index in [2.05, 4.69) is 11.8 Å². The van der Waals surface area contributed by atoms with Crippen LogP contribution in [-0.4, -0.2) is 47.3 Å². The Hall–Kier alpha value is -1.54. The first kappa shape index (κ1) is 16.3. The first-order valence-corrected chi connectivity index (χ1v) is 8.35. The van der Waals surface area contributed by atoms with Crippen molar-refractivity contribution in [3.05, 3.63) is 34.9 Å². The average Bonchev–Trinajstić information content (AvgIpc) is 3.08. The quantitative estimate of drug-likeness (QED) is 0.802. The lowest BCUT2D eigenvalue weighted by Gasteiger charge is -2.36. The number of hydrogen-bond acceptors (Lipinski definition) is 3. The molecule has 1 amide bonds. The van der Waals surface area contributed by atoms with Crippen molar-refractivity contribution in [3.63, 3.8) is 0 Å². The second kappa shape index (κ2) is 6.92. The molecule has 1 aromatic rings. The van der Waals surface area contributed by atoms with Gasteiger partial charge < -0.3 is 14.7 Å². The Kier molecular flexibility index (Phi) is 4.91. The van der Waals surface area contributed by atoms with Gasteiger partial charge in [0.25, 0.3) is 5.91 Å². The molecule has 0 spiro atoms. The van der Waals surface area contributed by atoms with E-state index in [9.17, 15) is 9.90 Å². The number of piperidine rings is 1. The van der Waals surface area contributed by atoms with Gasteiger partial charge in [-0.15, -0.1) is 0 Å². The van der Waals surface area contributed by atoms with Gasteiger partial charge in [-0.25, -0.2) is 0 Å². The summed E-state index contributed by atoms with van der Waals surface area (Å²) in [6.07, 6.45) is 2.37. The van der Waals surface area contributed by atoms with E-state index in [1.165, 1.54) is 0 Å². The van der Waals surface area contributed by atoms with E-state index in [-0.39, 0.29) is 12.0 Å². The zero-order valence-electron chi connectivity index (χ0n) is 12.9. The highest BCUT2D eigenvalue weighted by molar-refractivity contribution is 6.30. The van der Waals surface area contributed by atoms with Gasteiger partial charge in [0.2, 0.25) is 0 Å². The van der Waals surface area contributed by atoms with Crippen molar-refractivity contribution < 1.29 is 14.6 Å². The van der Waals surface area contributed by atoms with E-state index in [0.717, 1.165) is 18.4 Å². The van der Waals surface area contributed by atoms with Crippen LogP contribution in [0.5, 0.6) is 0 Å². The Bertz CT molecular complexity index is 635. The fourth-order valence-electron chi connectivity index (χ4n) is 2.95. The van der Waals surface area contributed by atoms with Crippen LogP contribution in [0.4, 0.5) is 0 Å². The lowest BCUT2D eigenvalue weighted by molar-refractivity contribution is -0.143. The highest BCUT2D eigenvalue weighted by atomic mass is 35.5. The normalized spacial score (nSPS) is 23.2. The molecule has 2 fully saturated rings. The second-order valence-corrected chi connectivity index (χ2v) is 6.56. The summed E-state index contributed by atoms with van der Waals surface area (Å²) >= 11 is 5.93. The first-order valence-electron chi connectivity index (χ1n) is 7.97. The SMILES string of the molecule is O=C([C@H]1CCCO1)N1CCC(O)(C#Cc2cccc(Cl)c2)CC1. The summed E-state index contributed by atoms with van der Waals surface area (Å²) in [4.78, 5) is 14.1. The molecule has 5 heteroatoms. The maximum absolute atomic E-state index is 12.3. The van der Waals surface area contributed by atoms with Gasteiger partial charge in [-0.3, -0.25) is 4.79 Å². The molecule has 1 aromatic carbocycles. The number of ether oxygens (including phenoxy) is 1. The highest BCUT2D eigenvalue weighted by Crippen LogP contribution is 2.24. The Morgan fingerprint density at radius 2 is 2.17 bits per heavy atom. The van der Waals surface area contributed by atoms with Crippen molar-refractivity contribution in [1.29, 1.82) is 0 Å². The Morgan fingerprint density at radius 1 is 1.39 bits per heavy atom. The van der Waals surface area contributed by atoms with Crippen molar-refractivity contribution in [2.24, 2.45) is 0 Å². The second-order valence-electron chi connectivity index (χ2n) is 6.12. The van der Waals surface area contributed by atoms with Crippen LogP contribution in [0, 0.1) is 11.8 Å². The van der Waals surface area contributed by atoms with E-state index in [1.54, 1.807) is 17.0 Å². The van der Waals surface area contributed by atoms with Crippen LogP contribution in [0.25, 0.3) is 0 Å². The van der Waals surface area contributed by atoms with Gasteiger partial charge in [0.15, 0.2) is 0 Å². The third-order valence-electron chi connectivity index (χ3n) is 4.37. The maximum Gasteiger partial charge on any atom is 0.251 e. The summed E-state index contributed by atoms with van der Waals surface area (Å²) < 4.78 is 5.44. The molecular formula is C18H20ClNO3. The summed E-state index contributed by atoms with van der Waals surface area (Å²) in [5.74, 6) is 5.98. The Labute approximate surface area is 141 Å². The van der Waals surface area contributed by atoms with Gasteiger partial charge >= 0.3 is 0 Å². The highest BCUT2D eigenvalue weighted by Gasteiger charge is 2.35. The number of benzene rings is 1. The number of halogens is 1. The van der Waals surface area contributed by atoms with Gasteiger partial charge in [-0.2, -0.15) is 0 Å². The third kappa shape index (κ3) is 4.06. The molecule has 0 unspecified atom stereocenters. The molecule has 3 rings (SSSR count). The summed E-state index contributed by atoms with van der Waals surface area (Å²) in [5, 5.41) is 11.2. The van der Waals surface area contributed by atoms with Crippen LogP contribution in [0.3, 0.4) is 0 Å². The molecule has 0 saturated carbocycles. The topological polar surface area (TPSA) is 49.8 Å². The largest absolute Gasteiger partial charge is 0.377 e. The van der Waals surface area contributed by atoms with Crippen molar-refractivity contribution in [1.82, 2.24) is 4.90 Å². The first-order chi connectivity index (χ1) is 11.1. The maximum atomic E-state index is 12.3. The molecule has 2 aliphatic heterocycles. The third-order valence-corrected chi connectivity index (χ3v) is 4.61. The number of aliphatic hydroxyl groups is 1. The standard InChI is InChI=1S/C18H20ClNO3/c19-15-4-1-3-14(13-15)6-7-18(22)8-10-20(11-9-18)17(21)16-5-2-12-23-16/h1,3-4,13,16,22H,2,5,8-12H2/t16-/m1/s1. The van der Waals surface area contributed by atoms with E-state index < -0.39 is 5.60 Å². The van der Waals surface area contributed by atoms with E-state index in [4.69, 9.17) is 16.3 Å². The molecule has 1 atom stereocenters. The fraction of sp³-hybridized carbons (Fsp3) is 0.500. The number of amides is 1. The lowest BCUT2D eigenvalue weighted by atomic mass is 9.91. The van der Waals surface area contributed by atoms with Crippen LogP contribution in [0.15, 0.2) is 24.3 Å². The smallest absolute Gasteiger partial charge is 0.251 e. The number of carbonyl (C=O) groups excluding carboxylic acids is 1. The summed E-state index contributed by atoms with van der Waals surface area (Å²) in [6.45, 7) is 1.69. The predicted octanol–water partition coefficient (Wildman–Crippen LogP) is 2.22. The number of nitrogens with zero attached hydrogens (tertiary/aromatic N) is 1. The van der Waals surface area contributed by atoms with Gasteiger partial charge in [0.05, 0.1) is 0 Å². The molecule has 2 aliphatic rings. The van der Waals surface area contributed by atoms with Gasteiger partial charge in [0, 0.05) is 43.1 Å². The van der Waals surface area contributed by atoms with E-state index in [1.807, 2.05) is 12.1 Å². The number of likely N-dealkylation sites (tertiary alicyclic amines) is 1. The van der Waals surface area contributed by atoms with Crippen LogP contribution in [-0.2, 0) is 9.53 Å². The Balaban J connectivity index is 1.60. The van der Waals surface area contributed by atoms with Gasteiger partial charge in [-0.05, 0) is 31.0 Å². The molecule has 0 aromatic heterocycles. The Morgan fingerprint density at radius 3 is 2.83 bits per heavy atom. The number of hydrogen-bond donors (Lipinski definition) is 1. The molecule has 2 saturated heterocycles. The summed E-state index contributed by atoms with van der Waals surface area (Å²) in [7, 11) is 0. The molecule has 1 N–H and O–H groups in total. The van der Waals surface area contributed by atoms with E-state index >= 15 is 0 Å². The minimum atomic E-state index is -1.05. The summed E-state index contributed by atoms with van der Waals surface area (Å²) in [5.41, 5.74) is -0.265. The van der Waals surface area contributed by atoms with Crippen molar-refractivity contribution in [3.8, 4) is 11.8 Å². The zero-order chi connectivity index (χ0) is 16.3. The number of carbonyl (C=O) groups is 1. The molecule has 2 heterocycles. The van der Waals surface area contributed by atoms with Crippen molar-refractivity contribution in [2.45, 2.75) is 37.4 Å². The van der Waals surface area contributed by atoms with Crippen LogP contribution >= 0.6 is 11.6 Å². The number of rotatable bonds is 1. The molecule has 0 aliphatic carbocycles. The summed E-state index contributed by atoms with van der Waals surface area (Å²) in [6, 6.07) is 7.25. The zero-order valence-corrected chi connectivity index (χ0v) is 13.7. The minimum absolute atomic E-state index is 0.0485. The van der Waals surface area contributed by atoms with E-state index in [0.29, 0.717) is 37.6 Å². The van der Waals surface area contributed by atoms with Crippen LogP contribution < -0.4 is 0 Å². The monoisotopic (exact) mass is 333 g/mol. The lowest BCUT2D eigenvalue weighted by Crippen LogP contribution is -2.49. The van der Waals surface area contributed by atoms with Crippen LogP contribution in [0.2, 0.25) is 5.02 Å². The minimum Gasteiger partial charge on any atom is -0.377 e. The molecule has 23 heavy (non-hydrogen) atoms. The molecule has 0 radical (unpaired) electrons. The van der Waals surface area contributed by atoms with Gasteiger partial charge in [-0.1, -0.05) is 29.5 Å². The molecule has 4 nitrogen and oxygen atoms in total. The van der Waals surface area contributed by atoms with Crippen molar-refractivity contribution >= 4 is 17.5 Å². The predicted molar refractivity (Wildman–Crippen MR) is 88.1 cm³/mol. The average molecular weight is 334 g/mol. The van der Waals surface area contributed by atoms with Crippen LogP contribution in [0.1, 0.15) is 31.2 Å².